The fourth-order valence-corrected chi connectivity index (χ4v) is 4.70. The Morgan fingerprint density at radius 3 is 2.59 bits per heavy atom. The third kappa shape index (κ3) is 5.21. The van der Waals surface area contributed by atoms with E-state index in [1.807, 2.05) is 0 Å². The molecule has 1 fully saturated rings. The molecule has 2 aromatic rings. The number of piperidine rings is 1. The Morgan fingerprint density at radius 2 is 1.90 bits per heavy atom. The van der Waals surface area contributed by atoms with Gasteiger partial charge in [-0.2, -0.15) is 4.31 Å². The fourth-order valence-electron chi connectivity index (χ4n) is 3.16. The number of rotatable bonds is 6. The van der Waals surface area contributed by atoms with E-state index in [9.17, 15) is 17.6 Å². The topological polar surface area (TPSA) is 75.7 Å². The van der Waals surface area contributed by atoms with Gasteiger partial charge in [-0.1, -0.05) is 18.6 Å². The number of carbonyl (C=O) groups excluding carboxylic acids is 1. The first-order chi connectivity index (χ1) is 13.9. The lowest BCUT2D eigenvalue weighted by Crippen LogP contribution is -2.35. The molecule has 0 radical (unpaired) electrons. The summed E-state index contributed by atoms with van der Waals surface area (Å²) in [6, 6.07) is 10.2. The minimum atomic E-state index is -3.64. The summed E-state index contributed by atoms with van der Waals surface area (Å²) in [5, 5.41) is 2.63. The van der Waals surface area contributed by atoms with E-state index in [0.717, 1.165) is 19.3 Å². The van der Waals surface area contributed by atoms with Gasteiger partial charge in [0.1, 0.15) is 11.6 Å². The average Bonchev–Trinajstić information content (AvgIpc) is 2.73. The van der Waals surface area contributed by atoms with Crippen molar-refractivity contribution < 1.29 is 22.3 Å². The van der Waals surface area contributed by atoms with Crippen molar-refractivity contribution in [2.45, 2.75) is 24.2 Å². The molecule has 0 aliphatic carbocycles. The fraction of sp³-hybridized carbons (Fsp3) is 0.286. The van der Waals surface area contributed by atoms with E-state index >= 15 is 0 Å². The molecule has 8 heteroatoms. The highest BCUT2D eigenvalue weighted by atomic mass is 32.2. The van der Waals surface area contributed by atoms with E-state index in [0.29, 0.717) is 24.4 Å². The van der Waals surface area contributed by atoms with Crippen molar-refractivity contribution >= 4 is 27.7 Å². The number of benzene rings is 2. The summed E-state index contributed by atoms with van der Waals surface area (Å²) in [5.74, 6) is -0.542. The highest BCUT2D eigenvalue weighted by Crippen LogP contribution is 2.30. The van der Waals surface area contributed by atoms with Gasteiger partial charge >= 0.3 is 0 Å². The highest BCUT2D eigenvalue weighted by Gasteiger charge is 2.26. The van der Waals surface area contributed by atoms with Gasteiger partial charge in [0.15, 0.2) is 0 Å². The number of anilines is 1. The van der Waals surface area contributed by atoms with Gasteiger partial charge in [0.2, 0.25) is 15.9 Å². The van der Waals surface area contributed by atoms with Crippen LogP contribution in [0.15, 0.2) is 53.4 Å². The number of nitrogens with zero attached hydrogens (tertiary/aromatic N) is 1. The van der Waals surface area contributed by atoms with Crippen LogP contribution in [0.4, 0.5) is 10.1 Å². The van der Waals surface area contributed by atoms with Crippen molar-refractivity contribution in [3.05, 3.63) is 59.9 Å². The maximum atomic E-state index is 13.2. The molecule has 0 unspecified atom stereocenters. The zero-order valence-electron chi connectivity index (χ0n) is 16.1. The largest absolute Gasteiger partial charge is 0.495 e. The molecule has 6 nitrogen and oxygen atoms in total. The first-order valence-electron chi connectivity index (χ1n) is 9.33. The van der Waals surface area contributed by atoms with Crippen LogP contribution in [0, 0.1) is 5.82 Å². The number of carbonyl (C=O) groups is 1. The lowest BCUT2D eigenvalue weighted by Gasteiger charge is -2.26. The standard InChI is InChI=1S/C21H23FN2O4S/c1-28-20-10-9-18(29(26,27)24-12-3-2-4-13-24)15-19(20)23-21(25)11-8-16-6-5-7-17(22)14-16/h5-11,14-15H,2-4,12-13H2,1H3,(H,23,25)/b11-8+. The molecule has 1 aliphatic heterocycles. The second-order valence-corrected chi connectivity index (χ2v) is 8.64. The van der Waals surface area contributed by atoms with Crippen molar-refractivity contribution in [1.82, 2.24) is 4.31 Å². The first kappa shape index (κ1) is 21.0. The van der Waals surface area contributed by atoms with Gasteiger partial charge in [-0.25, -0.2) is 12.8 Å². The van der Waals surface area contributed by atoms with E-state index in [-0.39, 0.29) is 10.6 Å². The monoisotopic (exact) mass is 418 g/mol. The molecular weight excluding hydrogens is 395 g/mol. The quantitative estimate of drug-likeness (QED) is 0.727. The number of sulfonamides is 1. The van der Waals surface area contributed by atoms with Crippen LogP contribution in [0.2, 0.25) is 0 Å². The second-order valence-electron chi connectivity index (χ2n) is 6.70. The number of methoxy groups -OCH3 is 1. The molecule has 0 spiro atoms. The third-order valence-corrected chi connectivity index (χ3v) is 6.55. The minimum absolute atomic E-state index is 0.101. The van der Waals surface area contributed by atoms with E-state index in [1.54, 1.807) is 12.1 Å². The Morgan fingerprint density at radius 1 is 1.14 bits per heavy atom. The van der Waals surface area contributed by atoms with Crippen molar-refractivity contribution in [1.29, 1.82) is 0 Å². The molecule has 1 amide bonds. The normalized spacial score (nSPS) is 15.4. The van der Waals surface area contributed by atoms with E-state index < -0.39 is 21.7 Å². The number of hydrogen-bond acceptors (Lipinski definition) is 4. The van der Waals surface area contributed by atoms with Crippen LogP contribution >= 0.6 is 0 Å². The molecule has 0 aromatic heterocycles. The second kappa shape index (κ2) is 9.19. The van der Waals surface area contributed by atoms with E-state index in [2.05, 4.69) is 5.32 Å². The predicted molar refractivity (Wildman–Crippen MR) is 110 cm³/mol. The Bertz CT molecular complexity index is 1020. The summed E-state index contributed by atoms with van der Waals surface area (Å²) in [6.45, 7) is 0.985. The number of amides is 1. The summed E-state index contributed by atoms with van der Waals surface area (Å²) >= 11 is 0. The SMILES string of the molecule is COc1ccc(S(=O)(=O)N2CCCCC2)cc1NC(=O)/C=C/c1cccc(F)c1. The zero-order valence-corrected chi connectivity index (χ0v) is 16.9. The van der Waals surface area contributed by atoms with Gasteiger partial charge < -0.3 is 10.1 Å². The first-order valence-corrected chi connectivity index (χ1v) is 10.8. The minimum Gasteiger partial charge on any atom is -0.495 e. The molecular formula is C21H23FN2O4S. The summed E-state index contributed by atoms with van der Waals surface area (Å²) in [4.78, 5) is 12.4. The summed E-state index contributed by atoms with van der Waals surface area (Å²) < 4.78 is 45.7. The summed E-state index contributed by atoms with van der Waals surface area (Å²) in [7, 11) is -2.20. The molecule has 2 aromatic carbocycles. The van der Waals surface area contributed by atoms with E-state index in [1.165, 1.54) is 53.9 Å². The molecule has 0 saturated carbocycles. The molecule has 0 atom stereocenters. The lowest BCUT2D eigenvalue weighted by atomic mass is 10.2. The van der Waals surface area contributed by atoms with Crippen LogP contribution in [0.25, 0.3) is 6.08 Å². The average molecular weight is 418 g/mol. The Kier molecular flexibility index (Phi) is 6.66. The van der Waals surface area contributed by atoms with Gasteiger partial charge in [0.05, 0.1) is 17.7 Å². The molecule has 154 valence electrons. The third-order valence-electron chi connectivity index (χ3n) is 4.66. The van der Waals surface area contributed by atoms with Gasteiger partial charge in [0.25, 0.3) is 0 Å². The number of hydrogen-bond donors (Lipinski definition) is 1. The maximum absolute atomic E-state index is 13.2. The Hall–Kier alpha value is -2.71. The molecule has 1 N–H and O–H groups in total. The molecule has 1 aliphatic rings. The zero-order chi connectivity index (χ0) is 20.9. The van der Waals surface area contributed by atoms with Crippen LogP contribution in [0.5, 0.6) is 5.75 Å². The molecule has 1 saturated heterocycles. The summed E-state index contributed by atoms with van der Waals surface area (Å²) in [6.07, 6.45) is 5.42. The van der Waals surface area contributed by atoms with Crippen LogP contribution in [-0.4, -0.2) is 38.8 Å². The van der Waals surface area contributed by atoms with E-state index in [4.69, 9.17) is 4.74 Å². The number of nitrogens with one attached hydrogen (secondary N) is 1. The summed E-state index contributed by atoms with van der Waals surface area (Å²) in [5.41, 5.74) is 0.785. The van der Waals surface area contributed by atoms with Crippen LogP contribution in [0.3, 0.4) is 0 Å². The van der Waals surface area contributed by atoms with Crippen LogP contribution in [-0.2, 0) is 14.8 Å². The lowest BCUT2D eigenvalue weighted by molar-refractivity contribution is -0.111. The Balaban J connectivity index is 1.81. The van der Waals surface area contributed by atoms with Crippen molar-refractivity contribution in [2.75, 3.05) is 25.5 Å². The Labute approximate surface area is 170 Å². The van der Waals surface area contributed by atoms with Gasteiger partial charge in [-0.3, -0.25) is 4.79 Å². The molecule has 29 heavy (non-hydrogen) atoms. The molecule has 3 rings (SSSR count). The molecule has 0 bridgehead atoms. The van der Waals surface area contributed by atoms with Gasteiger partial charge in [-0.15, -0.1) is 0 Å². The number of ether oxygens (including phenoxy) is 1. The van der Waals surface area contributed by atoms with Crippen molar-refractivity contribution in [3.63, 3.8) is 0 Å². The van der Waals surface area contributed by atoms with Crippen molar-refractivity contribution in [2.24, 2.45) is 0 Å². The van der Waals surface area contributed by atoms with Gasteiger partial charge in [0, 0.05) is 19.2 Å². The highest BCUT2D eigenvalue weighted by molar-refractivity contribution is 7.89. The smallest absolute Gasteiger partial charge is 0.248 e. The molecule has 1 heterocycles. The van der Waals surface area contributed by atoms with Crippen LogP contribution < -0.4 is 10.1 Å². The van der Waals surface area contributed by atoms with Gasteiger partial charge in [-0.05, 0) is 54.8 Å². The van der Waals surface area contributed by atoms with Crippen molar-refractivity contribution in [3.8, 4) is 5.75 Å². The predicted octanol–water partition coefficient (Wildman–Crippen LogP) is 3.66. The van der Waals surface area contributed by atoms with Crippen LogP contribution in [0.1, 0.15) is 24.8 Å². The number of halogens is 1. The maximum Gasteiger partial charge on any atom is 0.248 e.